The van der Waals surface area contributed by atoms with Gasteiger partial charge in [0, 0.05) is 11.8 Å². The van der Waals surface area contributed by atoms with Gasteiger partial charge >= 0.3 is 0 Å². The van der Waals surface area contributed by atoms with E-state index in [-0.39, 0.29) is 55.1 Å². The van der Waals surface area contributed by atoms with E-state index in [0.29, 0.717) is 35.5 Å². The maximum Gasteiger partial charge on any atom is 0.161 e. The monoisotopic (exact) mass is 482 g/mol. The summed E-state index contributed by atoms with van der Waals surface area (Å²) >= 11 is 0. The lowest BCUT2D eigenvalue weighted by atomic mass is 9.78. The van der Waals surface area contributed by atoms with E-state index in [1.54, 1.807) is 0 Å². The standard InChI is InChI=1S/C29H54O5/c1-12-23-17(6)15(4)20(9)28(31-23)34-27-19(8)21(10)29(32-25(27)14-3)33-26-18(7)16(5)22(11)30-24(26)13-2/h15-29H,12-14H2,1-11H3/t15-,16?,17+,18+,19+,20?,21?,22-,23?,24?,25?,26+,27+,28-,29-/m0/s1. The zero-order valence-corrected chi connectivity index (χ0v) is 23.8. The molecule has 3 rings (SSSR count). The van der Waals surface area contributed by atoms with Crippen molar-refractivity contribution in [3.63, 3.8) is 0 Å². The molecule has 0 spiro atoms. The summed E-state index contributed by atoms with van der Waals surface area (Å²) in [4.78, 5) is 0. The van der Waals surface area contributed by atoms with Crippen molar-refractivity contribution >= 4 is 0 Å². The molecular weight excluding hydrogens is 428 g/mol. The second kappa shape index (κ2) is 11.9. The molecule has 0 aromatic carbocycles. The van der Waals surface area contributed by atoms with Crippen molar-refractivity contribution in [1.29, 1.82) is 0 Å². The molecule has 3 saturated heterocycles. The van der Waals surface area contributed by atoms with Crippen LogP contribution in [0.15, 0.2) is 0 Å². The van der Waals surface area contributed by atoms with E-state index >= 15 is 0 Å². The molecule has 0 amide bonds. The molecule has 3 aliphatic heterocycles. The Balaban J connectivity index is 1.72. The molecule has 0 bridgehead atoms. The van der Waals surface area contributed by atoms with E-state index in [1.165, 1.54) is 0 Å². The summed E-state index contributed by atoms with van der Waals surface area (Å²) in [6.07, 6.45) is 3.16. The highest BCUT2D eigenvalue weighted by molar-refractivity contribution is 4.92. The summed E-state index contributed by atoms with van der Waals surface area (Å²) in [6, 6.07) is 0. The Morgan fingerprint density at radius 3 is 1.35 bits per heavy atom. The van der Waals surface area contributed by atoms with Gasteiger partial charge in [-0.15, -0.1) is 0 Å². The highest BCUT2D eigenvalue weighted by Gasteiger charge is 2.48. The van der Waals surface area contributed by atoms with Crippen LogP contribution in [-0.2, 0) is 23.7 Å². The molecule has 3 fully saturated rings. The van der Waals surface area contributed by atoms with Gasteiger partial charge in [-0.05, 0) is 55.8 Å². The Labute approximate surface area is 210 Å². The average Bonchev–Trinajstić information content (AvgIpc) is 2.83. The Morgan fingerprint density at radius 2 is 0.853 bits per heavy atom. The van der Waals surface area contributed by atoms with Crippen molar-refractivity contribution in [2.45, 2.75) is 145 Å². The number of hydrogen-bond donors (Lipinski definition) is 0. The van der Waals surface area contributed by atoms with E-state index in [1.807, 2.05) is 0 Å². The Kier molecular flexibility index (Phi) is 9.93. The number of hydrogen-bond acceptors (Lipinski definition) is 5. The maximum absolute atomic E-state index is 6.79. The molecular formula is C29H54O5. The normalized spacial score (nSPS) is 52.5. The van der Waals surface area contributed by atoms with Crippen LogP contribution in [0.4, 0.5) is 0 Å². The van der Waals surface area contributed by atoms with Gasteiger partial charge in [0.15, 0.2) is 12.6 Å². The fraction of sp³-hybridized carbons (Fsp3) is 1.00. The van der Waals surface area contributed by atoms with Crippen molar-refractivity contribution in [2.75, 3.05) is 0 Å². The van der Waals surface area contributed by atoms with Gasteiger partial charge < -0.3 is 23.7 Å². The summed E-state index contributed by atoms with van der Waals surface area (Å²) in [5, 5.41) is 0. The van der Waals surface area contributed by atoms with Crippen molar-refractivity contribution < 1.29 is 23.7 Å². The topological polar surface area (TPSA) is 46.2 Å². The molecule has 0 aromatic rings. The molecule has 34 heavy (non-hydrogen) atoms. The highest BCUT2D eigenvalue weighted by atomic mass is 16.7. The van der Waals surface area contributed by atoms with Crippen LogP contribution in [0.5, 0.6) is 0 Å². The smallest absolute Gasteiger partial charge is 0.161 e. The van der Waals surface area contributed by atoms with E-state index in [0.717, 1.165) is 19.3 Å². The van der Waals surface area contributed by atoms with Crippen molar-refractivity contribution in [3.8, 4) is 0 Å². The van der Waals surface area contributed by atoms with Crippen LogP contribution in [-0.4, -0.2) is 49.2 Å². The van der Waals surface area contributed by atoms with Crippen LogP contribution < -0.4 is 0 Å². The van der Waals surface area contributed by atoms with E-state index in [2.05, 4.69) is 76.2 Å². The molecule has 0 radical (unpaired) electrons. The average molecular weight is 483 g/mol. The van der Waals surface area contributed by atoms with Gasteiger partial charge in [0.2, 0.25) is 0 Å². The maximum atomic E-state index is 6.79. The number of rotatable bonds is 7. The van der Waals surface area contributed by atoms with E-state index < -0.39 is 0 Å². The fourth-order valence-corrected chi connectivity index (χ4v) is 6.46. The van der Waals surface area contributed by atoms with Crippen LogP contribution in [0.3, 0.4) is 0 Å². The molecule has 0 N–H and O–H groups in total. The molecule has 0 aromatic heterocycles. The van der Waals surface area contributed by atoms with E-state index in [4.69, 9.17) is 23.7 Å². The molecule has 3 aliphatic rings. The lowest BCUT2D eigenvalue weighted by molar-refractivity contribution is -0.339. The molecule has 0 aliphatic carbocycles. The zero-order valence-electron chi connectivity index (χ0n) is 23.8. The summed E-state index contributed by atoms with van der Waals surface area (Å²) in [6.45, 7) is 24.9. The Hall–Kier alpha value is -0.200. The summed E-state index contributed by atoms with van der Waals surface area (Å²) in [7, 11) is 0. The van der Waals surface area contributed by atoms with Gasteiger partial charge in [-0.25, -0.2) is 0 Å². The second-order valence-corrected chi connectivity index (χ2v) is 11.9. The third-order valence-electron chi connectivity index (χ3n) is 10.1. The van der Waals surface area contributed by atoms with Gasteiger partial charge in [-0.2, -0.15) is 0 Å². The minimum absolute atomic E-state index is 0.00188. The van der Waals surface area contributed by atoms with Crippen molar-refractivity contribution in [2.24, 2.45) is 41.4 Å². The fourth-order valence-electron chi connectivity index (χ4n) is 6.46. The predicted octanol–water partition coefficient (Wildman–Crippen LogP) is 6.68. The minimum Gasteiger partial charge on any atom is -0.372 e. The molecule has 15 atom stereocenters. The molecule has 200 valence electrons. The summed E-state index contributed by atoms with van der Waals surface area (Å²) < 4.78 is 33.1. The van der Waals surface area contributed by atoms with Crippen molar-refractivity contribution in [1.82, 2.24) is 0 Å². The summed E-state index contributed by atoms with van der Waals surface area (Å²) in [5.41, 5.74) is 0. The number of ether oxygens (including phenoxy) is 5. The van der Waals surface area contributed by atoms with Gasteiger partial charge in [-0.1, -0.05) is 69.2 Å². The minimum atomic E-state index is -0.238. The lowest BCUT2D eigenvalue weighted by Gasteiger charge is -2.51. The van der Waals surface area contributed by atoms with Crippen LogP contribution >= 0.6 is 0 Å². The lowest BCUT2D eigenvalue weighted by Crippen LogP contribution is -2.57. The zero-order chi connectivity index (χ0) is 25.3. The van der Waals surface area contributed by atoms with Gasteiger partial charge in [0.1, 0.15) is 0 Å². The van der Waals surface area contributed by atoms with Crippen LogP contribution in [0, 0.1) is 41.4 Å². The quantitative estimate of drug-likeness (QED) is 0.405. The van der Waals surface area contributed by atoms with Crippen LogP contribution in [0.2, 0.25) is 0 Å². The molecule has 0 saturated carbocycles. The SMILES string of the molecule is CCC1O[C@@H](O[C@H]2C(CC)O[C@@H](O[C@H]3C(CC)O[C@@H](C)C(C)[C@H]3C)C(C)[C@H]2C)C(C)[C@@H](C)[C@H]1C. The first-order valence-corrected chi connectivity index (χ1v) is 14.3. The Morgan fingerprint density at radius 1 is 0.441 bits per heavy atom. The molecule has 5 nitrogen and oxygen atoms in total. The Bertz CT molecular complexity index is 622. The third-order valence-corrected chi connectivity index (χ3v) is 10.1. The first kappa shape index (κ1) is 28.4. The second-order valence-electron chi connectivity index (χ2n) is 11.9. The van der Waals surface area contributed by atoms with Gasteiger partial charge in [0.05, 0.1) is 36.6 Å². The largest absolute Gasteiger partial charge is 0.372 e. The van der Waals surface area contributed by atoms with Crippen molar-refractivity contribution in [3.05, 3.63) is 0 Å². The van der Waals surface area contributed by atoms with Crippen LogP contribution in [0.1, 0.15) is 95.4 Å². The van der Waals surface area contributed by atoms with E-state index in [9.17, 15) is 0 Å². The van der Waals surface area contributed by atoms with Crippen LogP contribution in [0.25, 0.3) is 0 Å². The summed E-state index contributed by atoms with van der Waals surface area (Å²) in [5.74, 6) is 2.91. The predicted molar refractivity (Wildman–Crippen MR) is 136 cm³/mol. The van der Waals surface area contributed by atoms with Gasteiger partial charge in [0.25, 0.3) is 0 Å². The first-order chi connectivity index (χ1) is 16.0. The first-order valence-electron chi connectivity index (χ1n) is 14.3. The molecule has 6 unspecified atom stereocenters. The third kappa shape index (κ3) is 5.54. The van der Waals surface area contributed by atoms with Gasteiger partial charge in [-0.3, -0.25) is 0 Å². The molecule has 5 heteroatoms. The highest BCUT2D eigenvalue weighted by Crippen LogP contribution is 2.42. The molecule has 3 heterocycles.